The van der Waals surface area contributed by atoms with Gasteiger partial charge in [0.1, 0.15) is 13.2 Å². The Morgan fingerprint density at radius 3 is 0.812 bits per heavy atom. The van der Waals surface area contributed by atoms with Crippen molar-refractivity contribution >= 4 is 17.9 Å². The van der Waals surface area contributed by atoms with E-state index in [1.807, 2.05) is 0 Å². The molecule has 0 aromatic carbocycles. The fourth-order valence-corrected chi connectivity index (χ4v) is 8.81. The smallest absolute Gasteiger partial charge is 0.306 e. The van der Waals surface area contributed by atoms with Crippen molar-refractivity contribution in [2.75, 3.05) is 13.2 Å². The number of hydrogen-bond donors (Lipinski definition) is 0. The van der Waals surface area contributed by atoms with Crippen molar-refractivity contribution in [2.24, 2.45) is 11.8 Å². The maximum Gasteiger partial charge on any atom is 0.306 e. The zero-order valence-electron chi connectivity index (χ0n) is 43.9. The van der Waals surface area contributed by atoms with Crippen LogP contribution in [0.3, 0.4) is 0 Å². The van der Waals surface area contributed by atoms with Crippen molar-refractivity contribution in [1.29, 1.82) is 0 Å². The summed E-state index contributed by atoms with van der Waals surface area (Å²) >= 11 is 0. The summed E-state index contributed by atoms with van der Waals surface area (Å²) in [5.41, 5.74) is 0. The van der Waals surface area contributed by atoms with Crippen molar-refractivity contribution in [3.63, 3.8) is 0 Å². The SMILES string of the molecule is CCCCCCCCCCCCCCCCC(=O)OC[C@H](COC(=O)CCCCCCCCCCCCCCCCCCCCC(C)CC)OC(=O)CCCCCCCCC(C)CC. The molecule has 0 aliphatic heterocycles. The van der Waals surface area contributed by atoms with Crippen molar-refractivity contribution in [2.45, 2.75) is 330 Å². The molecule has 0 radical (unpaired) electrons. The van der Waals surface area contributed by atoms with Gasteiger partial charge in [-0.05, 0) is 31.1 Å². The first-order valence-electron chi connectivity index (χ1n) is 28.8. The molecular formula is C58H112O6. The van der Waals surface area contributed by atoms with E-state index in [2.05, 4.69) is 34.6 Å². The number of esters is 3. The second-order valence-electron chi connectivity index (χ2n) is 20.4. The minimum Gasteiger partial charge on any atom is -0.462 e. The summed E-state index contributed by atoms with van der Waals surface area (Å²) in [5.74, 6) is 0.875. The van der Waals surface area contributed by atoms with E-state index in [0.717, 1.165) is 69.6 Å². The summed E-state index contributed by atoms with van der Waals surface area (Å²) < 4.78 is 16.8. The van der Waals surface area contributed by atoms with Gasteiger partial charge in [0.25, 0.3) is 0 Å². The predicted molar refractivity (Wildman–Crippen MR) is 275 cm³/mol. The maximum absolute atomic E-state index is 12.8. The minimum absolute atomic E-state index is 0.0639. The molecular weight excluding hydrogens is 793 g/mol. The highest BCUT2D eigenvalue weighted by molar-refractivity contribution is 5.71. The molecule has 0 N–H and O–H groups in total. The summed E-state index contributed by atoms with van der Waals surface area (Å²) in [4.78, 5) is 38.0. The Bertz CT molecular complexity index is 982. The van der Waals surface area contributed by atoms with Crippen LogP contribution < -0.4 is 0 Å². The van der Waals surface area contributed by atoms with Crippen molar-refractivity contribution in [1.82, 2.24) is 0 Å². The summed E-state index contributed by atoms with van der Waals surface area (Å²) in [7, 11) is 0. The van der Waals surface area contributed by atoms with Crippen LogP contribution in [0.15, 0.2) is 0 Å². The lowest BCUT2D eigenvalue weighted by Gasteiger charge is -2.18. The second kappa shape index (κ2) is 50.8. The van der Waals surface area contributed by atoms with Gasteiger partial charge in [-0.1, -0.05) is 285 Å². The van der Waals surface area contributed by atoms with Crippen LogP contribution in [0.5, 0.6) is 0 Å². The topological polar surface area (TPSA) is 78.9 Å². The molecule has 0 fully saturated rings. The third kappa shape index (κ3) is 48.3. The molecule has 64 heavy (non-hydrogen) atoms. The maximum atomic E-state index is 12.8. The molecule has 0 saturated heterocycles. The first-order valence-corrected chi connectivity index (χ1v) is 28.8. The van der Waals surface area contributed by atoms with Gasteiger partial charge in [-0.2, -0.15) is 0 Å². The summed E-state index contributed by atoms with van der Waals surface area (Å²) in [6.07, 6.45) is 53.8. The number of carbonyl (C=O) groups excluding carboxylic acids is 3. The molecule has 2 unspecified atom stereocenters. The minimum atomic E-state index is -0.763. The number of unbranched alkanes of at least 4 members (excludes halogenated alkanes) is 35. The Morgan fingerprint density at radius 2 is 0.547 bits per heavy atom. The molecule has 6 nitrogen and oxygen atoms in total. The highest BCUT2D eigenvalue weighted by atomic mass is 16.6. The van der Waals surface area contributed by atoms with E-state index in [9.17, 15) is 14.4 Å². The van der Waals surface area contributed by atoms with Crippen LogP contribution in [-0.2, 0) is 28.6 Å². The van der Waals surface area contributed by atoms with Gasteiger partial charge in [-0.25, -0.2) is 0 Å². The molecule has 0 amide bonds. The highest BCUT2D eigenvalue weighted by Crippen LogP contribution is 2.19. The average molecular weight is 906 g/mol. The molecule has 0 aromatic rings. The largest absolute Gasteiger partial charge is 0.462 e. The van der Waals surface area contributed by atoms with Crippen LogP contribution in [0.2, 0.25) is 0 Å². The van der Waals surface area contributed by atoms with Gasteiger partial charge >= 0.3 is 17.9 Å². The molecule has 0 aromatic heterocycles. The monoisotopic (exact) mass is 905 g/mol. The van der Waals surface area contributed by atoms with E-state index in [-0.39, 0.29) is 31.1 Å². The molecule has 3 atom stereocenters. The average Bonchev–Trinajstić information content (AvgIpc) is 3.29. The fraction of sp³-hybridized carbons (Fsp3) is 0.948. The standard InChI is InChI=1S/C58H112O6/c1-6-9-10-11-12-13-14-15-23-26-29-32-38-43-48-56(59)62-51-55(64-58(61)50-45-40-35-34-37-42-47-54(5)8-3)52-63-57(60)49-44-39-33-30-27-24-21-19-17-16-18-20-22-25-28-31-36-41-46-53(4)7-2/h53-55H,6-52H2,1-5H3/t53?,54?,55-/m1/s1. The lowest BCUT2D eigenvalue weighted by molar-refractivity contribution is -0.167. The van der Waals surface area contributed by atoms with Gasteiger partial charge in [0, 0.05) is 19.3 Å². The van der Waals surface area contributed by atoms with Crippen LogP contribution in [0.25, 0.3) is 0 Å². The van der Waals surface area contributed by atoms with E-state index < -0.39 is 6.10 Å². The molecule has 0 aliphatic rings. The van der Waals surface area contributed by atoms with Crippen LogP contribution in [0, 0.1) is 11.8 Å². The van der Waals surface area contributed by atoms with Crippen LogP contribution in [-0.4, -0.2) is 37.2 Å². The van der Waals surface area contributed by atoms with Gasteiger partial charge in [0.05, 0.1) is 0 Å². The molecule has 0 bridgehead atoms. The van der Waals surface area contributed by atoms with Gasteiger partial charge < -0.3 is 14.2 Å². The van der Waals surface area contributed by atoms with E-state index in [1.165, 1.54) is 212 Å². The lowest BCUT2D eigenvalue weighted by atomic mass is 9.99. The Labute approximate surface area is 399 Å². The molecule has 0 aliphatic carbocycles. The van der Waals surface area contributed by atoms with Crippen LogP contribution in [0.1, 0.15) is 324 Å². The van der Waals surface area contributed by atoms with Crippen LogP contribution in [0.4, 0.5) is 0 Å². The van der Waals surface area contributed by atoms with Crippen molar-refractivity contribution in [3.05, 3.63) is 0 Å². The quantitative estimate of drug-likeness (QED) is 0.0344. The molecule has 380 valence electrons. The summed E-state index contributed by atoms with van der Waals surface area (Å²) in [6.45, 7) is 11.4. The molecule has 0 heterocycles. The van der Waals surface area contributed by atoms with Crippen molar-refractivity contribution < 1.29 is 28.6 Å². The molecule has 0 saturated carbocycles. The second-order valence-corrected chi connectivity index (χ2v) is 20.4. The van der Waals surface area contributed by atoms with E-state index >= 15 is 0 Å². The first kappa shape index (κ1) is 62.4. The third-order valence-corrected chi connectivity index (χ3v) is 13.9. The number of rotatable bonds is 52. The van der Waals surface area contributed by atoms with Gasteiger partial charge in [0.2, 0.25) is 0 Å². The van der Waals surface area contributed by atoms with E-state index in [1.54, 1.807) is 0 Å². The zero-order valence-corrected chi connectivity index (χ0v) is 43.9. The Hall–Kier alpha value is -1.59. The fourth-order valence-electron chi connectivity index (χ4n) is 8.81. The molecule has 6 heteroatoms. The number of hydrogen-bond acceptors (Lipinski definition) is 6. The predicted octanol–water partition coefficient (Wildman–Crippen LogP) is 18.9. The first-order chi connectivity index (χ1) is 31.3. The number of ether oxygens (including phenoxy) is 3. The highest BCUT2D eigenvalue weighted by Gasteiger charge is 2.19. The van der Waals surface area contributed by atoms with Crippen LogP contribution >= 0.6 is 0 Å². The van der Waals surface area contributed by atoms with Crippen molar-refractivity contribution in [3.8, 4) is 0 Å². The Morgan fingerprint density at radius 1 is 0.312 bits per heavy atom. The van der Waals surface area contributed by atoms with Gasteiger partial charge in [0.15, 0.2) is 6.10 Å². The van der Waals surface area contributed by atoms with E-state index in [4.69, 9.17) is 14.2 Å². The van der Waals surface area contributed by atoms with Gasteiger partial charge in [-0.3, -0.25) is 14.4 Å². The third-order valence-electron chi connectivity index (χ3n) is 13.9. The molecule has 0 rings (SSSR count). The summed E-state index contributed by atoms with van der Waals surface area (Å²) in [5, 5.41) is 0. The summed E-state index contributed by atoms with van der Waals surface area (Å²) in [6, 6.07) is 0. The van der Waals surface area contributed by atoms with E-state index in [0.29, 0.717) is 19.3 Å². The number of carbonyl (C=O) groups is 3. The normalized spacial score (nSPS) is 12.9. The zero-order chi connectivity index (χ0) is 46.8. The Balaban J connectivity index is 4.18. The lowest BCUT2D eigenvalue weighted by Crippen LogP contribution is -2.30. The van der Waals surface area contributed by atoms with Gasteiger partial charge in [-0.15, -0.1) is 0 Å². The Kier molecular flexibility index (Phi) is 49.6. The molecule has 0 spiro atoms.